The largest absolute Gasteiger partial charge is 0.496 e. The summed E-state index contributed by atoms with van der Waals surface area (Å²) in [5, 5.41) is 13.3. The Balaban J connectivity index is 1.70. The molecule has 1 unspecified atom stereocenters. The van der Waals surface area contributed by atoms with E-state index in [1.54, 1.807) is 16.7 Å². The highest BCUT2D eigenvalue weighted by Crippen LogP contribution is 2.30. The number of benzene rings is 2. The number of aromatic nitrogens is 3. The van der Waals surface area contributed by atoms with Gasteiger partial charge in [-0.2, -0.15) is 0 Å². The summed E-state index contributed by atoms with van der Waals surface area (Å²) in [5.74, 6) is 0.669. The normalized spacial score (nSPS) is 12.0. The molecule has 0 spiro atoms. The number of carbonyl (C=O) groups is 2. The second kappa shape index (κ2) is 11.8. The van der Waals surface area contributed by atoms with E-state index in [-0.39, 0.29) is 24.9 Å². The fourth-order valence-electron chi connectivity index (χ4n) is 4.05. The molecule has 0 aliphatic carbocycles. The quantitative estimate of drug-likeness (QED) is 0.326. The third kappa shape index (κ3) is 5.91. The van der Waals surface area contributed by atoms with E-state index in [2.05, 4.69) is 29.5 Å². The maximum atomic E-state index is 13.9. The van der Waals surface area contributed by atoms with Gasteiger partial charge < -0.3 is 15.0 Å². The summed E-state index contributed by atoms with van der Waals surface area (Å²) < 4.78 is 7.13. The van der Waals surface area contributed by atoms with Crippen LogP contribution in [-0.4, -0.2) is 45.4 Å². The van der Waals surface area contributed by atoms with Crippen molar-refractivity contribution in [3.8, 4) is 5.75 Å². The summed E-state index contributed by atoms with van der Waals surface area (Å²) in [6, 6.07) is 18.0. The van der Waals surface area contributed by atoms with E-state index in [9.17, 15) is 9.59 Å². The lowest BCUT2D eigenvalue weighted by atomic mass is 10.1. The predicted octanol–water partition coefficient (Wildman–Crippen LogP) is 4.43. The summed E-state index contributed by atoms with van der Waals surface area (Å²) in [5.41, 5.74) is 2.29. The average molecular weight is 506 g/mol. The fourth-order valence-corrected chi connectivity index (χ4v) is 4.88. The minimum absolute atomic E-state index is 0.0448. The van der Waals surface area contributed by atoms with E-state index in [0.717, 1.165) is 22.4 Å². The summed E-state index contributed by atoms with van der Waals surface area (Å²) in [7, 11) is 1.60. The standard InChI is InChI=1S/C27H31N5O3S/c1-19(2)14-15-28-27(34)26(24-13-8-16-36-24)31(17-20-9-4-7-12-23(20)35-3)25(33)18-32-22-11-6-5-10-21(22)29-30-32/h4-13,16,19,26H,14-15,17-18H2,1-3H3,(H,28,34). The Morgan fingerprint density at radius 1 is 1.08 bits per heavy atom. The van der Waals surface area contributed by atoms with Crippen LogP contribution in [0.4, 0.5) is 0 Å². The summed E-state index contributed by atoms with van der Waals surface area (Å²) in [6.07, 6.45) is 0.855. The monoisotopic (exact) mass is 505 g/mol. The van der Waals surface area contributed by atoms with Crippen molar-refractivity contribution < 1.29 is 14.3 Å². The first-order valence-electron chi connectivity index (χ1n) is 12.0. The van der Waals surface area contributed by atoms with Crippen LogP contribution >= 0.6 is 11.3 Å². The molecule has 36 heavy (non-hydrogen) atoms. The van der Waals surface area contributed by atoms with Crippen LogP contribution in [0.1, 0.15) is 36.8 Å². The van der Waals surface area contributed by atoms with Crippen molar-refractivity contribution in [2.24, 2.45) is 5.92 Å². The number of ether oxygens (including phenoxy) is 1. The van der Waals surface area contributed by atoms with Crippen molar-refractivity contribution in [2.45, 2.75) is 39.4 Å². The number of methoxy groups -OCH3 is 1. The molecule has 1 atom stereocenters. The smallest absolute Gasteiger partial charge is 0.248 e. The third-order valence-electron chi connectivity index (χ3n) is 5.95. The molecular formula is C27H31N5O3S. The highest BCUT2D eigenvalue weighted by molar-refractivity contribution is 7.10. The van der Waals surface area contributed by atoms with Crippen LogP contribution in [0.15, 0.2) is 66.0 Å². The molecule has 0 aliphatic rings. The molecule has 0 fully saturated rings. The number of carbonyl (C=O) groups excluding carboxylic acids is 2. The predicted molar refractivity (Wildman–Crippen MR) is 141 cm³/mol. The number of hydrogen-bond acceptors (Lipinski definition) is 6. The van der Waals surface area contributed by atoms with Gasteiger partial charge in [-0.3, -0.25) is 9.59 Å². The van der Waals surface area contributed by atoms with Crippen molar-refractivity contribution in [1.82, 2.24) is 25.2 Å². The Kier molecular flexibility index (Phi) is 8.32. The van der Waals surface area contributed by atoms with Gasteiger partial charge >= 0.3 is 0 Å². The van der Waals surface area contributed by atoms with Gasteiger partial charge in [-0.15, -0.1) is 16.4 Å². The number of nitrogens with zero attached hydrogens (tertiary/aromatic N) is 4. The lowest BCUT2D eigenvalue weighted by Gasteiger charge is -2.31. The lowest BCUT2D eigenvalue weighted by Crippen LogP contribution is -2.44. The van der Waals surface area contributed by atoms with Crippen LogP contribution in [0.25, 0.3) is 11.0 Å². The second-order valence-electron chi connectivity index (χ2n) is 8.96. The Morgan fingerprint density at radius 3 is 2.61 bits per heavy atom. The summed E-state index contributed by atoms with van der Waals surface area (Å²) in [6.45, 7) is 4.93. The summed E-state index contributed by atoms with van der Waals surface area (Å²) in [4.78, 5) is 29.9. The minimum Gasteiger partial charge on any atom is -0.496 e. The number of hydrogen-bond donors (Lipinski definition) is 1. The van der Waals surface area contributed by atoms with E-state index >= 15 is 0 Å². The van der Waals surface area contributed by atoms with Gasteiger partial charge in [-0.1, -0.05) is 55.5 Å². The van der Waals surface area contributed by atoms with Gasteiger partial charge in [0.25, 0.3) is 0 Å². The molecule has 2 aromatic carbocycles. The molecule has 0 aliphatic heterocycles. The molecule has 0 saturated carbocycles. The zero-order valence-electron chi connectivity index (χ0n) is 20.8. The zero-order chi connectivity index (χ0) is 25.5. The molecule has 9 heteroatoms. The molecule has 2 aromatic heterocycles. The Hall–Kier alpha value is -3.72. The van der Waals surface area contributed by atoms with Crippen molar-refractivity contribution in [3.63, 3.8) is 0 Å². The highest BCUT2D eigenvalue weighted by atomic mass is 32.1. The van der Waals surface area contributed by atoms with Gasteiger partial charge in [0.2, 0.25) is 11.8 Å². The van der Waals surface area contributed by atoms with Crippen LogP contribution in [0.2, 0.25) is 0 Å². The average Bonchev–Trinajstić information content (AvgIpc) is 3.54. The van der Waals surface area contributed by atoms with Crippen molar-refractivity contribution >= 4 is 34.2 Å². The van der Waals surface area contributed by atoms with Crippen LogP contribution in [0.5, 0.6) is 5.75 Å². The number of amides is 2. The lowest BCUT2D eigenvalue weighted by molar-refractivity contribution is -0.142. The first kappa shape index (κ1) is 25.4. The molecule has 8 nitrogen and oxygen atoms in total. The summed E-state index contributed by atoms with van der Waals surface area (Å²) >= 11 is 1.46. The number of nitrogens with one attached hydrogen (secondary N) is 1. The van der Waals surface area contributed by atoms with Gasteiger partial charge in [0.1, 0.15) is 23.9 Å². The Bertz CT molecular complexity index is 1300. The van der Waals surface area contributed by atoms with E-state index in [0.29, 0.717) is 23.7 Å². The fraction of sp³-hybridized carbons (Fsp3) is 0.333. The number of fused-ring (bicyclic) bond motifs is 1. The minimum atomic E-state index is -0.788. The van der Waals surface area contributed by atoms with E-state index in [1.165, 1.54) is 11.3 Å². The molecular weight excluding hydrogens is 474 g/mol. The zero-order valence-corrected chi connectivity index (χ0v) is 21.6. The van der Waals surface area contributed by atoms with E-state index in [1.807, 2.05) is 66.0 Å². The van der Waals surface area contributed by atoms with Crippen LogP contribution in [0, 0.1) is 5.92 Å². The molecule has 4 aromatic rings. The number of rotatable bonds is 11. The first-order valence-corrected chi connectivity index (χ1v) is 12.9. The van der Waals surface area contributed by atoms with Crippen molar-refractivity contribution in [3.05, 3.63) is 76.5 Å². The molecule has 4 rings (SSSR count). The second-order valence-corrected chi connectivity index (χ2v) is 9.94. The van der Waals surface area contributed by atoms with Crippen LogP contribution in [0.3, 0.4) is 0 Å². The molecule has 1 N–H and O–H groups in total. The maximum absolute atomic E-state index is 13.9. The van der Waals surface area contributed by atoms with Crippen molar-refractivity contribution in [2.75, 3.05) is 13.7 Å². The van der Waals surface area contributed by atoms with Gasteiger partial charge in [0, 0.05) is 17.0 Å². The van der Waals surface area contributed by atoms with Crippen LogP contribution in [-0.2, 0) is 22.7 Å². The van der Waals surface area contributed by atoms with Crippen molar-refractivity contribution in [1.29, 1.82) is 0 Å². The van der Waals surface area contributed by atoms with Gasteiger partial charge in [0.05, 0.1) is 19.2 Å². The third-order valence-corrected chi connectivity index (χ3v) is 6.88. The first-order chi connectivity index (χ1) is 17.5. The Morgan fingerprint density at radius 2 is 1.86 bits per heavy atom. The number of thiophene rings is 1. The highest BCUT2D eigenvalue weighted by Gasteiger charge is 2.33. The maximum Gasteiger partial charge on any atom is 0.248 e. The Labute approximate surface area is 214 Å². The van der Waals surface area contributed by atoms with Crippen LogP contribution < -0.4 is 10.1 Å². The molecule has 2 amide bonds. The molecule has 0 radical (unpaired) electrons. The molecule has 0 saturated heterocycles. The molecule has 2 heterocycles. The van der Waals surface area contributed by atoms with Gasteiger partial charge in [0.15, 0.2) is 0 Å². The van der Waals surface area contributed by atoms with E-state index in [4.69, 9.17) is 4.74 Å². The number of para-hydroxylation sites is 2. The van der Waals surface area contributed by atoms with Gasteiger partial charge in [-0.05, 0) is 42.0 Å². The van der Waals surface area contributed by atoms with E-state index < -0.39 is 6.04 Å². The molecule has 0 bridgehead atoms. The van der Waals surface area contributed by atoms with Gasteiger partial charge in [-0.25, -0.2) is 4.68 Å². The topological polar surface area (TPSA) is 89.3 Å². The SMILES string of the molecule is COc1ccccc1CN(C(=O)Cn1nnc2ccccc21)C(C(=O)NCCC(C)C)c1cccs1. The molecule has 188 valence electrons.